The van der Waals surface area contributed by atoms with Crippen molar-refractivity contribution >= 4 is 17.9 Å². The van der Waals surface area contributed by atoms with Gasteiger partial charge in [-0.15, -0.1) is 0 Å². The Morgan fingerprint density at radius 3 is 1.13 bits per heavy atom. The van der Waals surface area contributed by atoms with Crippen molar-refractivity contribution in [1.82, 2.24) is 0 Å². The van der Waals surface area contributed by atoms with Crippen molar-refractivity contribution in [3.63, 3.8) is 0 Å². The van der Waals surface area contributed by atoms with Crippen LogP contribution in [0.3, 0.4) is 0 Å². The molecule has 0 aromatic rings. The molecule has 0 amide bonds. The van der Waals surface area contributed by atoms with E-state index in [4.69, 9.17) is 14.2 Å². The summed E-state index contributed by atoms with van der Waals surface area (Å²) in [6.07, 6.45) is 67.9. The molecule has 0 saturated carbocycles. The zero-order valence-electron chi connectivity index (χ0n) is 40.5. The normalized spacial score (nSPS) is 13.0. The van der Waals surface area contributed by atoms with Crippen LogP contribution in [-0.4, -0.2) is 37.2 Å². The number of carbonyl (C=O) groups excluding carboxylic acids is 3. The molecule has 63 heavy (non-hydrogen) atoms. The smallest absolute Gasteiger partial charge is 0.306 e. The number of carbonyl (C=O) groups is 3. The van der Waals surface area contributed by atoms with E-state index in [1.165, 1.54) is 44.9 Å². The second-order valence-electron chi connectivity index (χ2n) is 16.3. The van der Waals surface area contributed by atoms with Crippen molar-refractivity contribution in [2.24, 2.45) is 0 Å². The molecular formula is C57H92O6. The van der Waals surface area contributed by atoms with Crippen molar-refractivity contribution in [2.45, 2.75) is 219 Å². The van der Waals surface area contributed by atoms with Crippen LogP contribution in [0.15, 0.2) is 109 Å². The van der Waals surface area contributed by atoms with Gasteiger partial charge in [-0.3, -0.25) is 14.4 Å². The van der Waals surface area contributed by atoms with E-state index in [0.29, 0.717) is 19.3 Å². The van der Waals surface area contributed by atoms with Gasteiger partial charge >= 0.3 is 17.9 Å². The second-order valence-corrected chi connectivity index (χ2v) is 16.3. The average molecular weight is 873 g/mol. The van der Waals surface area contributed by atoms with E-state index in [1.807, 2.05) is 0 Å². The lowest BCUT2D eigenvalue weighted by Gasteiger charge is -2.18. The molecule has 0 aromatic carbocycles. The Kier molecular flexibility index (Phi) is 47.5. The summed E-state index contributed by atoms with van der Waals surface area (Å²) in [7, 11) is 0. The van der Waals surface area contributed by atoms with Gasteiger partial charge in [-0.05, 0) is 109 Å². The van der Waals surface area contributed by atoms with Gasteiger partial charge in [0.05, 0.1) is 0 Å². The van der Waals surface area contributed by atoms with E-state index in [-0.39, 0.29) is 37.5 Å². The fourth-order valence-corrected chi connectivity index (χ4v) is 6.50. The summed E-state index contributed by atoms with van der Waals surface area (Å²) >= 11 is 0. The van der Waals surface area contributed by atoms with Crippen molar-refractivity contribution < 1.29 is 28.6 Å². The molecule has 0 aromatic heterocycles. The van der Waals surface area contributed by atoms with Crippen LogP contribution in [0.2, 0.25) is 0 Å². The highest BCUT2D eigenvalue weighted by atomic mass is 16.6. The highest BCUT2D eigenvalue weighted by Gasteiger charge is 2.19. The number of hydrogen-bond acceptors (Lipinski definition) is 6. The summed E-state index contributed by atoms with van der Waals surface area (Å²) in [4.78, 5) is 37.9. The van der Waals surface area contributed by atoms with Crippen LogP contribution in [0.25, 0.3) is 0 Å². The number of ether oxygens (including phenoxy) is 3. The lowest BCUT2D eigenvalue weighted by molar-refractivity contribution is -0.167. The van der Waals surface area contributed by atoms with Crippen LogP contribution in [0.5, 0.6) is 0 Å². The molecule has 0 fully saturated rings. The minimum absolute atomic E-state index is 0.108. The first-order valence-electron chi connectivity index (χ1n) is 25.4. The highest BCUT2D eigenvalue weighted by molar-refractivity contribution is 5.71. The summed E-state index contributed by atoms with van der Waals surface area (Å²) in [5.41, 5.74) is 0. The van der Waals surface area contributed by atoms with Crippen molar-refractivity contribution in [3.8, 4) is 0 Å². The molecule has 0 rings (SSSR count). The van der Waals surface area contributed by atoms with Crippen molar-refractivity contribution in [2.75, 3.05) is 13.2 Å². The van der Waals surface area contributed by atoms with Gasteiger partial charge in [0.15, 0.2) is 6.10 Å². The lowest BCUT2D eigenvalue weighted by Crippen LogP contribution is -2.30. The van der Waals surface area contributed by atoms with Gasteiger partial charge in [0.25, 0.3) is 0 Å². The molecule has 0 bridgehead atoms. The van der Waals surface area contributed by atoms with Crippen LogP contribution >= 0.6 is 0 Å². The van der Waals surface area contributed by atoms with Crippen LogP contribution < -0.4 is 0 Å². The van der Waals surface area contributed by atoms with Crippen LogP contribution in [0.4, 0.5) is 0 Å². The van der Waals surface area contributed by atoms with E-state index in [1.54, 1.807) is 0 Å². The molecule has 0 aliphatic carbocycles. The molecule has 1 unspecified atom stereocenters. The molecule has 356 valence electrons. The van der Waals surface area contributed by atoms with E-state index < -0.39 is 6.10 Å². The van der Waals surface area contributed by atoms with Crippen LogP contribution in [-0.2, 0) is 28.6 Å². The SMILES string of the molecule is CC/C=C\C/C=C\C/C=C\C/C=C\CCCCCCCCC(=O)OCC(COC(=O)CCC/C=C\C/C=C\C/C=C\CC)OC(=O)CCCCCCCC/C=C\C=C/CCCCC. The largest absolute Gasteiger partial charge is 0.462 e. The van der Waals surface area contributed by atoms with Gasteiger partial charge in [0, 0.05) is 19.3 Å². The minimum Gasteiger partial charge on any atom is -0.462 e. The molecule has 0 N–H and O–H groups in total. The molecule has 0 aliphatic rings. The molecule has 0 saturated heterocycles. The standard InChI is InChI=1S/C57H92O6/c1-4-7-10-13-16-19-22-24-26-27-28-29-31-32-35-38-41-44-47-50-56(59)62-53-54(52-61-55(58)49-46-43-40-37-34-21-18-15-12-9-6-3)63-57(60)51-48-45-42-39-36-33-30-25-23-20-17-14-11-8-5-2/h7,9-10,12,16-21,23-26,28-29,37,40,54H,4-6,8,11,13-15,22,27,30-36,38-39,41-53H2,1-3H3/b10-7-,12-9-,19-16-,20-17-,21-18-,25-23-,26-24-,29-28-,40-37-. The van der Waals surface area contributed by atoms with Gasteiger partial charge in [-0.2, -0.15) is 0 Å². The maximum atomic E-state index is 12.8. The molecule has 0 heterocycles. The topological polar surface area (TPSA) is 78.9 Å². The Hall–Kier alpha value is -3.93. The third-order valence-corrected chi connectivity index (χ3v) is 10.3. The predicted octanol–water partition coefficient (Wildman–Crippen LogP) is 16.8. The fourth-order valence-electron chi connectivity index (χ4n) is 6.50. The summed E-state index contributed by atoms with van der Waals surface area (Å²) in [6, 6.07) is 0. The Labute approximate surface area is 387 Å². The van der Waals surface area contributed by atoms with E-state index >= 15 is 0 Å². The molecule has 6 heteroatoms. The number of esters is 3. The van der Waals surface area contributed by atoms with Crippen LogP contribution in [0, 0.1) is 0 Å². The summed E-state index contributed by atoms with van der Waals surface area (Å²) in [5, 5.41) is 0. The maximum Gasteiger partial charge on any atom is 0.306 e. The Morgan fingerprint density at radius 2 is 0.683 bits per heavy atom. The van der Waals surface area contributed by atoms with Crippen molar-refractivity contribution in [1.29, 1.82) is 0 Å². The zero-order chi connectivity index (χ0) is 45.8. The van der Waals surface area contributed by atoms with Gasteiger partial charge in [-0.25, -0.2) is 0 Å². The minimum atomic E-state index is -0.811. The first-order valence-corrected chi connectivity index (χ1v) is 25.4. The van der Waals surface area contributed by atoms with Gasteiger partial charge in [0.2, 0.25) is 0 Å². The van der Waals surface area contributed by atoms with Crippen molar-refractivity contribution in [3.05, 3.63) is 109 Å². The second kappa shape index (κ2) is 50.7. The fraction of sp³-hybridized carbons (Fsp3) is 0.632. The molecule has 1 atom stereocenters. The average Bonchev–Trinajstić information content (AvgIpc) is 3.28. The molecule has 6 nitrogen and oxygen atoms in total. The monoisotopic (exact) mass is 873 g/mol. The highest BCUT2D eigenvalue weighted by Crippen LogP contribution is 2.13. The third-order valence-electron chi connectivity index (χ3n) is 10.3. The molecular weight excluding hydrogens is 781 g/mol. The van der Waals surface area contributed by atoms with Gasteiger partial charge in [0.1, 0.15) is 13.2 Å². The summed E-state index contributed by atoms with van der Waals surface area (Å²) in [5.74, 6) is -0.996. The number of hydrogen-bond donors (Lipinski definition) is 0. The zero-order valence-corrected chi connectivity index (χ0v) is 40.5. The number of allylic oxidation sites excluding steroid dienone is 18. The predicted molar refractivity (Wildman–Crippen MR) is 270 cm³/mol. The van der Waals surface area contributed by atoms with E-state index in [9.17, 15) is 14.4 Å². The lowest BCUT2D eigenvalue weighted by atomic mass is 10.1. The van der Waals surface area contributed by atoms with Gasteiger partial charge < -0.3 is 14.2 Å². The number of unbranched alkanes of at least 4 members (excludes halogenated alkanes) is 16. The number of rotatable bonds is 44. The Balaban J connectivity index is 4.46. The van der Waals surface area contributed by atoms with Gasteiger partial charge in [-0.1, -0.05) is 194 Å². The molecule has 0 aliphatic heterocycles. The Morgan fingerprint density at radius 1 is 0.349 bits per heavy atom. The first kappa shape index (κ1) is 59.1. The molecule has 0 radical (unpaired) electrons. The van der Waals surface area contributed by atoms with E-state index in [0.717, 1.165) is 122 Å². The third kappa shape index (κ3) is 49.0. The molecule has 0 spiro atoms. The summed E-state index contributed by atoms with van der Waals surface area (Å²) in [6.45, 7) is 6.29. The summed E-state index contributed by atoms with van der Waals surface area (Å²) < 4.78 is 16.7. The van der Waals surface area contributed by atoms with Crippen LogP contribution in [0.1, 0.15) is 213 Å². The van der Waals surface area contributed by atoms with E-state index in [2.05, 4.69) is 130 Å². The first-order chi connectivity index (χ1) is 31.0. The maximum absolute atomic E-state index is 12.8. The quantitative estimate of drug-likeness (QED) is 0.0199. The Bertz CT molecular complexity index is 1330.